The topological polar surface area (TPSA) is 89.5 Å². The molecule has 0 amide bonds. The molecule has 6 aromatic rings. The number of rotatable bonds is 3. The molecular weight excluding hydrogens is 534 g/mol. The summed E-state index contributed by atoms with van der Waals surface area (Å²) in [6, 6.07) is 19.3. The number of fused-ring (bicyclic) bond motifs is 2. The fourth-order valence-electron chi connectivity index (χ4n) is 4.56. The highest BCUT2D eigenvalue weighted by molar-refractivity contribution is 9.10. The van der Waals surface area contributed by atoms with E-state index in [4.69, 9.17) is 9.52 Å². The second kappa shape index (κ2) is 10.6. The Bertz CT molecular complexity index is 1830. The second-order valence-electron chi connectivity index (χ2n) is 7.95. The van der Waals surface area contributed by atoms with Gasteiger partial charge in [0, 0.05) is 31.4 Å². The summed E-state index contributed by atoms with van der Waals surface area (Å²) in [5, 5.41) is 12.9. The Balaban J connectivity index is 0.000000765. The molecule has 6 rings (SSSR count). The van der Waals surface area contributed by atoms with Gasteiger partial charge in [-0.2, -0.15) is 0 Å². The lowest BCUT2D eigenvalue weighted by Gasteiger charge is -2.14. The van der Waals surface area contributed by atoms with Crippen molar-refractivity contribution in [2.75, 3.05) is 0 Å². The average molecular weight is 560 g/mol. The first-order valence-corrected chi connectivity index (χ1v) is 13.0. The summed E-state index contributed by atoms with van der Waals surface area (Å²) >= 11 is 3.50. The lowest BCUT2D eigenvalue weighted by Crippen LogP contribution is -2.31. The average Bonchev–Trinajstić information content (AvgIpc) is 2.91. The van der Waals surface area contributed by atoms with Crippen molar-refractivity contribution in [2.24, 2.45) is 0 Å². The van der Waals surface area contributed by atoms with E-state index in [0.717, 1.165) is 25.2 Å². The van der Waals surface area contributed by atoms with Crippen molar-refractivity contribution in [2.45, 2.75) is 34.1 Å². The molecule has 0 bridgehead atoms. The van der Waals surface area contributed by atoms with Gasteiger partial charge in [0.1, 0.15) is 11.2 Å². The minimum Gasteiger partial charge on any atom is -0.481 e. The molecule has 6 nitrogen and oxygen atoms in total. The van der Waals surface area contributed by atoms with Crippen LogP contribution in [0.25, 0.3) is 49.2 Å². The number of aliphatic carboxylic acids is 1. The lowest BCUT2D eigenvalue weighted by atomic mass is 9.96. The van der Waals surface area contributed by atoms with E-state index >= 15 is 0 Å². The molecule has 0 fully saturated rings. The standard InChI is InChI=1S/C26H14BrNO5.2C2H6/c27-14-3-9-20-19(12-14)16-6-7-17-23-18(8-10-21(33-20)24(16)23)26(32)28(25(17)31)15-4-1-13(2-5-15)11-22(29)30;2*1-2/h1-10,12H,11H2,(H,29,30);2*1-2H3. The lowest BCUT2D eigenvalue weighted by molar-refractivity contribution is -0.136. The quantitative estimate of drug-likeness (QED) is 0.182. The predicted molar refractivity (Wildman–Crippen MR) is 154 cm³/mol. The van der Waals surface area contributed by atoms with E-state index in [1.54, 1.807) is 42.5 Å². The van der Waals surface area contributed by atoms with Gasteiger partial charge in [0.2, 0.25) is 0 Å². The third-order valence-corrected chi connectivity index (χ3v) is 6.48. The monoisotopic (exact) mass is 559 g/mol. The summed E-state index contributed by atoms with van der Waals surface area (Å²) in [5.74, 6) is -0.947. The fraction of sp³-hybridized carbons (Fsp3) is 0.167. The summed E-state index contributed by atoms with van der Waals surface area (Å²) in [7, 11) is 0. The molecule has 0 saturated heterocycles. The summed E-state index contributed by atoms with van der Waals surface area (Å²) in [6.45, 7) is 8.00. The van der Waals surface area contributed by atoms with Gasteiger partial charge in [-0.3, -0.25) is 14.4 Å². The molecule has 37 heavy (non-hydrogen) atoms. The summed E-state index contributed by atoms with van der Waals surface area (Å²) in [4.78, 5) is 37.9. The predicted octanol–water partition coefficient (Wildman–Crippen LogP) is 7.28. The van der Waals surface area contributed by atoms with Crippen LogP contribution >= 0.6 is 15.9 Å². The Morgan fingerprint density at radius 3 is 1.95 bits per heavy atom. The maximum Gasteiger partial charge on any atom is 0.307 e. The zero-order valence-corrected chi connectivity index (χ0v) is 22.5. The van der Waals surface area contributed by atoms with Crippen LogP contribution < -0.4 is 11.1 Å². The number of halogens is 1. The zero-order chi connectivity index (χ0) is 26.9. The van der Waals surface area contributed by atoms with E-state index in [9.17, 15) is 14.4 Å². The van der Waals surface area contributed by atoms with Crippen LogP contribution in [0.15, 0.2) is 85.2 Å². The highest BCUT2D eigenvalue weighted by Gasteiger charge is 2.19. The van der Waals surface area contributed by atoms with Crippen LogP contribution in [0.5, 0.6) is 0 Å². The number of hydrogen-bond acceptors (Lipinski definition) is 4. The molecule has 0 aliphatic heterocycles. The normalized spacial score (nSPS) is 10.8. The molecule has 1 N–H and O–H groups in total. The van der Waals surface area contributed by atoms with E-state index in [1.165, 1.54) is 0 Å². The highest BCUT2D eigenvalue weighted by atomic mass is 79.9. The molecule has 0 unspecified atom stereocenters. The van der Waals surface area contributed by atoms with E-state index in [0.29, 0.717) is 38.6 Å². The van der Waals surface area contributed by atoms with Crippen LogP contribution in [-0.2, 0) is 11.2 Å². The van der Waals surface area contributed by atoms with Gasteiger partial charge in [0.15, 0.2) is 0 Å². The molecule has 7 heteroatoms. The molecule has 0 aliphatic rings. The van der Waals surface area contributed by atoms with Gasteiger partial charge in [-0.15, -0.1) is 0 Å². The van der Waals surface area contributed by atoms with E-state index in [-0.39, 0.29) is 6.42 Å². The Hall–Kier alpha value is -3.97. The highest BCUT2D eigenvalue weighted by Crippen LogP contribution is 2.37. The van der Waals surface area contributed by atoms with Crippen LogP contribution in [0, 0.1) is 0 Å². The smallest absolute Gasteiger partial charge is 0.307 e. The first-order valence-electron chi connectivity index (χ1n) is 12.2. The fourth-order valence-corrected chi connectivity index (χ4v) is 4.92. The molecule has 0 spiro atoms. The second-order valence-corrected chi connectivity index (χ2v) is 8.86. The molecule has 2 heterocycles. The zero-order valence-electron chi connectivity index (χ0n) is 21.0. The minimum absolute atomic E-state index is 0.131. The maximum atomic E-state index is 13.5. The Labute approximate surface area is 221 Å². The van der Waals surface area contributed by atoms with Crippen molar-refractivity contribution in [1.29, 1.82) is 0 Å². The third-order valence-electron chi connectivity index (χ3n) is 5.99. The van der Waals surface area contributed by atoms with Crippen LogP contribution in [0.1, 0.15) is 33.3 Å². The summed E-state index contributed by atoms with van der Waals surface area (Å²) in [6.07, 6.45) is -0.131. The molecule has 4 aromatic carbocycles. The van der Waals surface area contributed by atoms with Crippen molar-refractivity contribution in [3.05, 3.63) is 97.5 Å². The van der Waals surface area contributed by atoms with Crippen LogP contribution in [0.2, 0.25) is 0 Å². The van der Waals surface area contributed by atoms with E-state index in [1.807, 2.05) is 52.0 Å². The number of hydrogen-bond donors (Lipinski definition) is 1. The van der Waals surface area contributed by atoms with Gasteiger partial charge >= 0.3 is 5.97 Å². The van der Waals surface area contributed by atoms with Crippen molar-refractivity contribution in [3.63, 3.8) is 0 Å². The molecule has 0 radical (unpaired) electrons. The number of pyridine rings is 1. The number of carboxylic acid groups (broad SMARTS) is 1. The summed E-state index contributed by atoms with van der Waals surface area (Å²) in [5.41, 5.74) is 1.44. The SMILES string of the molecule is CC.CC.O=C(O)Cc1ccc(-n2c(=O)c3ccc4oc5ccc(Br)cc5c5ccc(c2=O)c3c45)cc1. The maximum absolute atomic E-state index is 13.5. The van der Waals surface area contributed by atoms with Crippen LogP contribution in [-0.4, -0.2) is 15.6 Å². The number of benzene rings is 4. The Morgan fingerprint density at radius 2 is 1.32 bits per heavy atom. The van der Waals surface area contributed by atoms with Crippen molar-refractivity contribution in [3.8, 4) is 5.69 Å². The van der Waals surface area contributed by atoms with Gasteiger partial charge < -0.3 is 9.52 Å². The number of aromatic nitrogens is 1. The minimum atomic E-state index is -0.947. The van der Waals surface area contributed by atoms with Crippen LogP contribution in [0.3, 0.4) is 0 Å². The van der Waals surface area contributed by atoms with Crippen molar-refractivity contribution in [1.82, 2.24) is 4.57 Å². The molecule has 0 saturated carbocycles. The van der Waals surface area contributed by atoms with Gasteiger partial charge in [-0.25, -0.2) is 4.57 Å². The van der Waals surface area contributed by atoms with Gasteiger partial charge in [-0.05, 0) is 59.5 Å². The van der Waals surface area contributed by atoms with E-state index < -0.39 is 17.1 Å². The van der Waals surface area contributed by atoms with Crippen molar-refractivity contribution >= 4 is 65.4 Å². The third kappa shape index (κ3) is 4.40. The first kappa shape index (κ1) is 26.1. The van der Waals surface area contributed by atoms with Gasteiger partial charge in [0.05, 0.1) is 12.1 Å². The molecule has 2 aromatic heterocycles. The Kier molecular flexibility index (Phi) is 7.45. The number of carboxylic acids is 1. The number of nitrogens with zero attached hydrogens (tertiary/aromatic N) is 1. The van der Waals surface area contributed by atoms with E-state index in [2.05, 4.69) is 15.9 Å². The first-order chi connectivity index (χ1) is 17.9. The Morgan fingerprint density at radius 1 is 0.757 bits per heavy atom. The van der Waals surface area contributed by atoms with Gasteiger partial charge in [0.25, 0.3) is 11.1 Å². The largest absolute Gasteiger partial charge is 0.481 e. The van der Waals surface area contributed by atoms with Crippen LogP contribution in [0.4, 0.5) is 0 Å². The van der Waals surface area contributed by atoms with Crippen molar-refractivity contribution < 1.29 is 14.3 Å². The summed E-state index contributed by atoms with van der Waals surface area (Å²) < 4.78 is 8.14. The molecular formula is C30H26BrNO5. The molecule has 0 aliphatic carbocycles. The van der Waals surface area contributed by atoms with Gasteiger partial charge in [-0.1, -0.05) is 61.8 Å². The molecule has 188 valence electrons. The number of carbonyl (C=O) groups is 1. The molecule has 0 atom stereocenters.